The average Bonchev–Trinajstić information content (AvgIpc) is 2.92. The number of pyridine rings is 1. The van der Waals surface area contributed by atoms with Gasteiger partial charge in [-0.05, 0) is 43.7 Å². The van der Waals surface area contributed by atoms with Crippen molar-refractivity contribution in [3.8, 4) is 5.88 Å². The van der Waals surface area contributed by atoms with E-state index in [4.69, 9.17) is 4.74 Å². The van der Waals surface area contributed by atoms with E-state index in [2.05, 4.69) is 69.6 Å². The lowest BCUT2D eigenvalue weighted by atomic mass is 9.83. The summed E-state index contributed by atoms with van der Waals surface area (Å²) >= 11 is 0. The molecule has 1 fully saturated rings. The molecule has 0 saturated carbocycles. The summed E-state index contributed by atoms with van der Waals surface area (Å²) in [6.07, 6.45) is 3.08. The van der Waals surface area contributed by atoms with Gasteiger partial charge in [-0.1, -0.05) is 39.0 Å². The summed E-state index contributed by atoms with van der Waals surface area (Å²) in [7, 11) is 0. The molecule has 1 aromatic carbocycles. The van der Waals surface area contributed by atoms with Crippen LogP contribution >= 0.6 is 0 Å². The highest BCUT2D eigenvalue weighted by Crippen LogP contribution is 2.38. The van der Waals surface area contributed by atoms with Crippen molar-refractivity contribution < 1.29 is 4.74 Å². The maximum Gasteiger partial charge on any atom is 0.221 e. The molecule has 24 heavy (non-hydrogen) atoms. The number of nitrogens with zero attached hydrogens (tertiary/aromatic N) is 2. The summed E-state index contributed by atoms with van der Waals surface area (Å²) in [4.78, 5) is 7.10. The monoisotopic (exact) mass is 326 g/mol. The van der Waals surface area contributed by atoms with Gasteiger partial charge in [0, 0.05) is 36.1 Å². The van der Waals surface area contributed by atoms with Crippen molar-refractivity contribution in [3.63, 3.8) is 0 Å². The number of ether oxygens (including phenoxy) is 1. The molecule has 3 rings (SSSR count). The van der Waals surface area contributed by atoms with E-state index in [-0.39, 0.29) is 17.1 Å². The number of likely N-dealkylation sites (tertiary alicyclic amines) is 1. The molecule has 0 amide bonds. The van der Waals surface area contributed by atoms with Crippen LogP contribution in [0.25, 0.3) is 10.8 Å². The number of rotatable bonds is 2. The number of fused-ring (bicyclic) bond motifs is 1. The predicted molar refractivity (Wildman–Crippen MR) is 100 cm³/mol. The van der Waals surface area contributed by atoms with E-state index < -0.39 is 0 Å². The first-order chi connectivity index (χ1) is 11.2. The van der Waals surface area contributed by atoms with Crippen LogP contribution in [0.4, 0.5) is 0 Å². The lowest BCUT2D eigenvalue weighted by Gasteiger charge is -2.42. The fourth-order valence-corrected chi connectivity index (χ4v) is 3.79. The third-order valence-corrected chi connectivity index (χ3v) is 5.04. The lowest BCUT2D eigenvalue weighted by molar-refractivity contribution is 0.0558. The molecule has 2 unspecified atom stereocenters. The van der Waals surface area contributed by atoms with E-state index >= 15 is 0 Å². The topological polar surface area (TPSA) is 25.4 Å². The van der Waals surface area contributed by atoms with Crippen molar-refractivity contribution in [3.05, 3.63) is 36.5 Å². The SMILES string of the molecule is CC(C)(C)C1CC(Oc2nccc3ccccc23)CN1C(C)(C)C. The van der Waals surface area contributed by atoms with Crippen molar-refractivity contribution in [1.82, 2.24) is 9.88 Å². The fourth-order valence-electron chi connectivity index (χ4n) is 3.79. The van der Waals surface area contributed by atoms with E-state index in [1.165, 1.54) is 5.39 Å². The van der Waals surface area contributed by atoms with E-state index in [1.807, 2.05) is 18.3 Å². The first-order valence-corrected chi connectivity index (χ1v) is 8.93. The third-order valence-electron chi connectivity index (χ3n) is 5.04. The van der Waals surface area contributed by atoms with Crippen molar-refractivity contribution >= 4 is 10.8 Å². The van der Waals surface area contributed by atoms with Gasteiger partial charge in [0.2, 0.25) is 5.88 Å². The average molecular weight is 326 g/mol. The van der Waals surface area contributed by atoms with E-state index in [1.54, 1.807) is 0 Å². The summed E-state index contributed by atoms with van der Waals surface area (Å²) < 4.78 is 6.39. The van der Waals surface area contributed by atoms with Gasteiger partial charge in [-0.25, -0.2) is 4.98 Å². The molecule has 2 heterocycles. The zero-order valence-corrected chi connectivity index (χ0v) is 15.8. The molecule has 0 radical (unpaired) electrons. The maximum absolute atomic E-state index is 6.39. The van der Waals surface area contributed by atoms with Gasteiger partial charge in [-0.2, -0.15) is 0 Å². The zero-order chi connectivity index (χ0) is 17.5. The van der Waals surface area contributed by atoms with E-state index in [0.29, 0.717) is 6.04 Å². The van der Waals surface area contributed by atoms with Crippen LogP contribution in [0, 0.1) is 5.41 Å². The Morgan fingerprint density at radius 1 is 1.04 bits per heavy atom. The molecule has 1 aliphatic heterocycles. The number of hydrogen-bond acceptors (Lipinski definition) is 3. The smallest absolute Gasteiger partial charge is 0.221 e. The van der Waals surface area contributed by atoms with Crippen molar-refractivity contribution in [2.45, 2.75) is 65.6 Å². The normalized spacial score (nSPS) is 22.9. The minimum Gasteiger partial charge on any atom is -0.472 e. The first-order valence-electron chi connectivity index (χ1n) is 8.93. The molecule has 0 spiro atoms. The van der Waals surface area contributed by atoms with Gasteiger partial charge >= 0.3 is 0 Å². The fraction of sp³-hybridized carbons (Fsp3) is 0.571. The molecule has 3 heteroatoms. The molecule has 0 N–H and O–H groups in total. The summed E-state index contributed by atoms with van der Waals surface area (Å²) in [5.41, 5.74) is 0.375. The minimum atomic E-state index is 0.141. The van der Waals surface area contributed by atoms with Crippen LogP contribution in [0.3, 0.4) is 0 Å². The second kappa shape index (κ2) is 6.03. The number of hydrogen-bond donors (Lipinski definition) is 0. The van der Waals surface area contributed by atoms with Gasteiger partial charge in [-0.3, -0.25) is 4.90 Å². The van der Waals surface area contributed by atoms with Gasteiger partial charge in [0.1, 0.15) is 6.10 Å². The second-order valence-electron chi connectivity index (χ2n) is 9.02. The standard InChI is InChI=1S/C21H30N2O/c1-20(2,3)18-13-16(14-23(18)21(4,5)6)24-19-17-10-8-7-9-15(17)11-12-22-19/h7-12,16,18H,13-14H2,1-6H3. The maximum atomic E-state index is 6.39. The molecule has 1 aliphatic rings. The van der Waals surface area contributed by atoms with Crippen molar-refractivity contribution in [2.24, 2.45) is 5.41 Å². The first kappa shape index (κ1) is 17.2. The van der Waals surface area contributed by atoms with Gasteiger partial charge in [-0.15, -0.1) is 0 Å². The Morgan fingerprint density at radius 3 is 2.38 bits per heavy atom. The van der Waals surface area contributed by atoms with Gasteiger partial charge < -0.3 is 4.74 Å². The van der Waals surface area contributed by atoms with Crippen LogP contribution in [0.5, 0.6) is 5.88 Å². The van der Waals surface area contributed by atoms with Gasteiger partial charge in [0.15, 0.2) is 0 Å². The van der Waals surface area contributed by atoms with E-state index in [9.17, 15) is 0 Å². The molecule has 2 atom stereocenters. The Hall–Kier alpha value is -1.61. The highest BCUT2D eigenvalue weighted by molar-refractivity contribution is 5.86. The van der Waals surface area contributed by atoms with Crippen LogP contribution in [0.15, 0.2) is 36.5 Å². The second-order valence-corrected chi connectivity index (χ2v) is 9.02. The highest BCUT2D eigenvalue weighted by Gasteiger charge is 2.44. The molecule has 1 aromatic heterocycles. The minimum absolute atomic E-state index is 0.141. The zero-order valence-electron chi connectivity index (χ0n) is 15.8. The van der Waals surface area contributed by atoms with Crippen molar-refractivity contribution in [2.75, 3.05) is 6.54 Å². The summed E-state index contributed by atoms with van der Waals surface area (Å²) in [5, 5.41) is 2.28. The van der Waals surface area contributed by atoms with Crippen LogP contribution in [-0.4, -0.2) is 34.1 Å². The number of aromatic nitrogens is 1. The molecule has 3 nitrogen and oxygen atoms in total. The summed E-state index contributed by atoms with van der Waals surface area (Å²) in [6, 6.07) is 10.9. The molecular formula is C21H30N2O. The van der Waals surface area contributed by atoms with Crippen LogP contribution in [0.1, 0.15) is 48.0 Å². The Kier molecular flexibility index (Phi) is 4.33. The van der Waals surface area contributed by atoms with Crippen LogP contribution < -0.4 is 4.74 Å². The largest absolute Gasteiger partial charge is 0.472 e. The van der Waals surface area contributed by atoms with Crippen LogP contribution in [0.2, 0.25) is 0 Å². The Balaban J connectivity index is 1.86. The Morgan fingerprint density at radius 2 is 1.75 bits per heavy atom. The van der Waals surface area contributed by atoms with Gasteiger partial charge in [0.05, 0.1) is 0 Å². The number of benzene rings is 1. The summed E-state index contributed by atoms with van der Waals surface area (Å²) in [5.74, 6) is 0.765. The molecule has 1 saturated heterocycles. The molecule has 0 bridgehead atoms. The molecule has 130 valence electrons. The van der Waals surface area contributed by atoms with Crippen molar-refractivity contribution in [1.29, 1.82) is 0 Å². The summed E-state index contributed by atoms with van der Waals surface area (Å²) in [6.45, 7) is 14.8. The molecule has 2 aromatic rings. The van der Waals surface area contributed by atoms with E-state index in [0.717, 1.165) is 24.2 Å². The third kappa shape index (κ3) is 3.41. The lowest BCUT2D eigenvalue weighted by Crippen LogP contribution is -2.49. The highest BCUT2D eigenvalue weighted by atomic mass is 16.5. The predicted octanol–water partition coefficient (Wildman–Crippen LogP) is 4.90. The quantitative estimate of drug-likeness (QED) is 0.785. The van der Waals surface area contributed by atoms with Crippen LogP contribution in [-0.2, 0) is 0 Å². The Bertz CT molecular complexity index is 684. The Labute approximate surface area is 146 Å². The molecular weight excluding hydrogens is 296 g/mol. The molecule has 0 aliphatic carbocycles. The van der Waals surface area contributed by atoms with Gasteiger partial charge in [0.25, 0.3) is 0 Å².